The molecule has 2 aromatic rings. The second-order valence-electron chi connectivity index (χ2n) is 4.95. The molecule has 0 amide bonds. The van der Waals surface area contributed by atoms with Gasteiger partial charge in [0.25, 0.3) is 0 Å². The zero-order chi connectivity index (χ0) is 15.2. The molecule has 0 aliphatic rings. The summed E-state index contributed by atoms with van der Waals surface area (Å²) in [6.07, 6.45) is 1.14. The number of halogens is 1. The van der Waals surface area contributed by atoms with Crippen molar-refractivity contribution in [2.75, 3.05) is 6.54 Å². The van der Waals surface area contributed by atoms with Crippen LogP contribution in [0.4, 0.5) is 0 Å². The van der Waals surface area contributed by atoms with E-state index in [-0.39, 0.29) is 0 Å². The molecule has 1 aromatic carbocycles. The van der Waals surface area contributed by atoms with E-state index in [2.05, 4.69) is 50.5 Å². The molecule has 0 saturated carbocycles. The largest absolute Gasteiger partial charge is 0.484 e. The van der Waals surface area contributed by atoms with E-state index in [4.69, 9.17) is 4.74 Å². The molecule has 0 unspecified atom stereocenters. The van der Waals surface area contributed by atoms with Gasteiger partial charge in [-0.1, -0.05) is 13.0 Å². The molecule has 1 N–H and O–H groups in total. The Labute approximate surface area is 133 Å². The summed E-state index contributed by atoms with van der Waals surface area (Å²) >= 11 is 3.56. The van der Waals surface area contributed by atoms with Crippen LogP contribution in [0.15, 0.2) is 22.7 Å². The summed E-state index contributed by atoms with van der Waals surface area (Å²) in [5, 5.41) is 11.5. The topological polar surface area (TPSA) is 52.0 Å². The van der Waals surface area contributed by atoms with E-state index in [0.29, 0.717) is 6.61 Å². The molecule has 0 saturated heterocycles. The van der Waals surface area contributed by atoms with Crippen molar-refractivity contribution in [2.24, 2.45) is 7.05 Å². The Morgan fingerprint density at radius 1 is 1.33 bits per heavy atom. The number of rotatable bonds is 7. The molecule has 0 fully saturated rings. The molecule has 21 heavy (non-hydrogen) atoms. The molecule has 0 spiro atoms. The lowest BCUT2D eigenvalue weighted by molar-refractivity contribution is 0.289. The third-order valence-corrected chi connectivity index (χ3v) is 3.91. The van der Waals surface area contributed by atoms with Crippen molar-refractivity contribution >= 4 is 15.9 Å². The smallest absolute Gasteiger partial charge is 0.170 e. The Kier molecular flexibility index (Phi) is 5.76. The van der Waals surface area contributed by atoms with Crippen LogP contribution < -0.4 is 10.1 Å². The van der Waals surface area contributed by atoms with Gasteiger partial charge in [-0.3, -0.25) is 0 Å². The lowest BCUT2D eigenvalue weighted by Gasteiger charge is -2.10. The van der Waals surface area contributed by atoms with Crippen molar-refractivity contribution in [1.82, 2.24) is 20.1 Å². The van der Waals surface area contributed by atoms with Gasteiger partial charge in [-0.05, 0) is 53.5 Å². The van der Waals surface area contributed by atoms with Crippen LogP contribution in [0.2, 0.25) is 0 Å². The molecule has 6 heteroatoms. The molecule has 0 aliphatic heterocycles. The van der Waals surface area contributed by atoms with Crippen LogP contribution in [0.3, 0.4) is 0 Å². The minimum Gasteiger partial charge on any atom is -0.484 e. The van der Waals surface area contributed by atoms with Gasteiger partial charge in [0.2, 0.25) is 0 Å². The Balaban J connectivity index is 1.96. The highest BCUT2D eigenvalue weighted by molar-refractivity contribution is 9.10. The highest BCUT2D eigenvalue weighted by Crippen LogP contribution is 2.26. The van der Waals surface area contributed by atoms with Crippen LogP contribution in [0, 0.1) is 6.92 Å². The van der Waals surface area contributed by atoms with Crippen LogP contribution in [-0.4, -0.2) is 21.3 Å². The normalized spacial score (nSPS) is 10.9. The van der Waals surface area contributed by atoms with Crippen molar-refractivity contribution in [2.45, 2.75) is 33.4 Å². The Bertz CT molecular complexity index is 597. The van der Waals surface area contributed by atoms with E-state index in [9.17, 15) is 0 Å². The number of aromatic nitrogens is 3. The predicted octanol–water partition coefficient (Wildman–Crippen LogP) is 2.96. The van der Waals surface area contributed by atoms with Gasteiger partial charge in [-0.2, -0.15) is 0 Å². The van der Waals surface area contributed by atoms with Gasteiger partial charge in [0.15, 0.2) is 5.82 Å². The van der Waals surface area contributed by atoms with Crippen LogP contribution in [0.5, 0.6) is 5.75 Å². The number of ether oxygens (including phenoxy) is 1. The third-order valence-electron chi connectivity index (χ3n) is 3.29. The number of aryl methyl sites for hydroxylation is 1. The second kappa shape index (κ2) is 7.56. The van der Waals surface area contributed by atoms with Crippen molar-refractivity contribution in [3.63, 3.8) is 0 Å². The van der Waals surface area contributed by atoms with Gasteiger partial charge < -0.3 is 14.6 Å². The first kappa shape index (κ1) is 16.0. The first-order valence-electron chi connectivity index (χ1n) is 7.08. The van der Waals surface area contributed by atoms with E-state index >= 15 is 0 Å². The maximum Gasteiger partial charge on any atom is 0.170 e. The lowest BCUT2D eigenvalue weighted by Crippen LogP contribution is -2.13. The number of nitrogens with zero attached hydrogens (tertiary/aromatic N) is 3. The highest BCUT2D eigenvalue weighted by atomic mass is 79.9. The summed E-state index contributed by atoms with van der Waals surface area (Å²) in [7, 11) is 1.94. The van der Waals surface area contributed by atoms with Gasteiger partial charge in [-0.15, -0.1) is 10.2 Å². The Morgan fingerprint density at radius 2 is 2.14 bits per heavy atom. The average molecular weight is 353 g/mol. The lowest BCUT2D eigenvalue weighted by atomic mass is 10.2. The quantitative estimate of drug-likeness (QED) is 0.778. The molecule has 1 heterocycles. The van der Waals surface area contributed by atoms with Crippen LogP contribution in [-0.2, 0) is 20.2 Å². The van der Waals surface area contributed by atoms with Crippen molar-refractivity contribution in [1.29, 1.82) is 0 Å². The Morgan fingerprint density at radius 3 is 2.76 bits per heavy atom. The summed E-state index contributed by atoms with van der Waals surface area (Å²) in [6, 6.07) is 6.14. The number of nitrogens with one attached hydrogen (secondary N) is 1. The summed E-state index contributed by atoms with van der Waals surface area (Å²) in [4.78, 5) is 0. The van der Waals surface area contributed by atoms with E-state index < -0.39 is 0 Å². The minimum atomic E-state index is 0.406. The molecule has 0 atom stereocenters. The summed E-state index contributed by atoms with van der Waals surface area (Å²) < 4.78 is 8.69. The van der Waals surface area contributed by atoms with Crippen molar-refractivity contribution < 1.29 is 4.74 Å². The Hall–Kier alpha value is -1.40. The van der Waals surface area contributed by atoms with Gasteiger partial charge in [0.05, 0.1) is 4.47 Å². The fourth-order valence-corrected chi connectivity index (χ4v) is 2.44. The SMILES string of the molecule is CCCNCc1ccc(OCc2nnc(C)n2C)c(Br)c1. The summed E-state index contributed by atoms with van der Waals surface area (Å²) in [5.41, 5.74) is 1.23. The van der Waals surface area contributed by atoms with Crippen LogP contribution in [0.1, 0.15) is 30.6 Å². The second-order valence-corrected chi connectivity index (χ2v) is 5.81. The molecule has 0 bridgehead atoms. The molecular formula is C15H21BrN4O. The molecular weight excluding hydrogens is 332 g/mol. The first-order valence-corrected chi connectivity index (χ1v) is 7.88. The standard InChI is InChI=1S/C15H21BrN4O/c1-4-7-17-9-12-5-6-14(13(16)8-12)21-10-15-19-18-11(2)20(15)3/h5-6,8,17H,4,7,9-10H2,1-3H3. The number of hydrogen-bond acceptors (Lipinski definition) is 4. The number of benzene rings is 1. The van der Waals surface area contributed by atoms with E-state index in [0.717, 1.165) is 41.4 Å². The summed E-state index contributed by atoms with van der Waals surface area (Å²) in [6.45, 7) is 6.39. The van der Waals surface area contributed by atoms with Gasteiger partial charge in [0.1, 0.15) is 18.2 Å². The van der Waals surface area contributed by atoms with Crippen molar-refractivity contribution in [3.8, 4) is 5.75 Å². The van der Waals surface area contributed by atoms with Gasteiger partial charge in [0, 0.05) is 13.6 Å². The predicted molar refractivity (Wildman–Crippen MR) is 86.2 cm³/mol. The molecule has 0 radical (unpaired) electrons. The zero-order valence-electron chi connectivity index (χ0n) is 12.7. The zero-order valence-corrected chi connectivity index (χ0v) is 14.3. The van der Waals surface area contributed by atoms with E-state index in [1.165, 1.54) is 5.56 Å². The van der Waals surface area contributed by atoms with E-state index in [1.807, 2.05) is 24.6 Å². The molecule has 1 aromatic heterocycles. The number of hydrogen-bond donors (Lipinski definition) is 1. The molecule has 0 aliphatic carbocycles. The van der Waals surface area contributed by atoms with Crippen LogP contribution >= 0.6 is 15.9 Å². The van der Waals surface area contributed by atoms with Crippen LogP contribution in [0.25, 0.3) is 0 Å². The van der Waals surface area contributed by atoms with Crippen molar-refractivity contribution in [3.05, 3.63) is 39.9 Å². The van der Waals surface area contributed by atoms with Gasteiger partial charge in [-0.25, -0.2) is 0 Å². The minimum absolute atomic E-state index is 0.406. The molecule has 114 valence electrons. The molecule has 2 rings (SSSR count). The highest BCUT2D eigenvalue weighted by Gasteiger charge is 2.08. The average Bonchev–Trinajstić information content (AvgIpc) is 2.78. The maximum absolute atomic E-state index is 5.81. The monoisotopic (exact) mass is 352 g/mol. The maximum atomic E-state index is 5.81. The first-order chi connectivity index (χ1) is 10.1. The molecule has 5 nitrogen and oxygen atoms in total. The fourth-order valence-electron chi connectivity index (χ4n) is 1.90. The third kappa shape index (κ3) is 4.28. The van der Waals surface area contributed by atoms with E-state index in [1.54, 1.807) is 0 Å². The summed E-state index contributed by atoms with van der Waals surface area (Å²) in [5.74, 6) is 2.51. The fraction of sp³-hybridized carbons (Fsp3) is 0.467. The van der Waals surface area contributed by atoms with Gasteiger partial charge >= 0.3 is 0 Å².